The third kappa shape index (κ3) is 4.73. The van der Waals surface area contributed by atoms with Gasteiger partial charge in [0, 0.05) is 17.1 Å². The van der Waals surface area contributed by atoms with Crippen molar-refractivity contribution >= 4 is 11.6 Å². The fraction of sp³-hybridized carbons (Fsp3) is 0.294. The first kappa shape index (κ1) is 15.8. The molecule has 0 aliphatic heterocycles. The Kier molecular flexibility index (Phi) is 5.59. The number of halogens is 2. The van der Waals surface area contributed by atoms with Crippen molar-refractivity contribution in [3.63, 3.8) is 0 Å². The molecule has 0 spiro atoms. The van der Waals surface area contributed by atoms with Crippen LogP contribution in [0.25, 0.3) is 0 Å². The number of para-hydroxylation sites is 1. The highest BCUT2D eigenvalue weighted by atomic mass is 35.5. The lowest BCUT2D eigenvalue weighted by molar-refractivity contribution is 0.432. The maximum absolute atomic E-state index is 14.0. The van der Waals surface area contributed by atoms with Crippen LogP contribution in [0, 0.1) is 11.7 Å². The molecule has 0 heterocycles. The summed E-state index contributed by atoms with van der Waals surface area (Å²) in [7, 11) is 0. The van der Waals surface area contributed by atoms with Crippen LogP contribution < -0.4 is 10.1 Å². The lowest BCUT2D eigenvalue weighted by Gasteiger charge is -2.14. The normalized spacial score (nSPS) is 10.9. The SMILES string of the molecule is CC(C)CNCc1cccc(F)c1Oc1cccc(Cl)c1. The number of rotatable bonds is 6. The number of hydrogen-bond acceptors (Lipinski definition) is 2. The van der Waals surface area contributed by atoms with Gasteiger partial charge in [0.25, 0.3) is 0 Å². The first-order chi connectivity index (χ1) is 10.1. The molecule has 0 unspecified atom stereocenters. The average molecular weight is 308 g/mol. The first-order valence-electron chi connectivity index (χ1n) is 6.98. The van der Waals surface area contributed by atoms with E-state index in [0.717, 1.165) is 12.1 Å². The average Bonchev–Trinajstić information content (AvgIpc) is 2.42. The Balaban J connectivity index is 2.17. The van der Waals surface area contributed by atoms with Crippen molar-refractivity contribution in [1.29, 1.82) is 0 Å². The lowest BCUT2D eigenvalue weighted by atomic mass is 10.1. The molecule has 0 fully saturated rings. The van der Waals surface area contributed by atoms with Gasteiger partial charge in [0.2, 0.25) is 0 Å². The zero-order chi connectivity index (χ0) is 15.2. The molecule has 0 aliphatic rings. The van der Waals surface area contributed by atoms with E-state index in [1.165, 1.54) is 6.07 Å². The highest BCUT2D eigenvalue weighted by Gasteiger charge is 2.11. The summed E-state index contributed by atoms with van der Waals surface area (Å²) >= 11 is 5.92. The van der Waals surface area contributed by atoms with Gasteiger partial charge in [-0.1, -0.05) is 43.6 Å². The van der Waals surface area contributed by atoms with Crippen molar-refractivity contribution < 1.29 is 9.13 Å². The Hall–Kier alpha value is -1.58. The minimum atomic E-state index is -0.376. The smallest absolute Gasteiger partial charge is 0.167 e. The number of ether oxygens (including phenoxy) is 1. The topological polar surface area (TPSA) is 21.3 Å². The zero-order valence-electron chi connectivity index (χ0n) is 12.2. The second-order valence-corrected chi connectivity index (χ2v) is 5.75. The highest BCUT2D eigenvalue weighted by molar-refractivity contribution is 6.30. The third-order valence-electron chi connectivity index (χ3n) is 2.93. The van der Waals surface area contributed by atoms with E-state index in [0.29, 0.717) is 23.2 Å². The molecule has 1 N–H and O–H groups in total. The van der Waals surface area contributed by atoms with Crippen molar-refractivity contribution in [2.45, 2.75) is 20.4 Å². The molecule has 0 radical (unpaired) electrons. The molecule has 4 heteroatoms. The molecule has 2 aromatic rings. The van der Waals surface area contributed by atoms with Crippen LogP contribution in [-0.2, 0) is 6.54 Å². The molecule has 0 bridgehead atoms. The molecule has 112 valence electrons. The molecule has 2 nitrogen and oxygen atoms in total. The quantitative estimate of drug-likeness (QED) is 0.809. The molecule has 0 aromatic heterocycles. The van der Waals surface area contributed by atoms with Gasteiger partial charge in [-0.15, -0.1) is 0 Å². The Labute approximate surface area is 129 Å². The summed E-state index contributed by atoms with van der Waals surface area (Å²) in [5.41, 5.74) is 0.788. The Morgan fingerprint density at radius 3 is 2.67 bits per heavy atom. The molecule has 21 heavy (non-hydrogen) atoms. The maximum Gasteiger partial charge on any atom is 0.167 e. The summed E-state index contributed by atoms with van der Waals surface area (Å²) in [6.07, 6.45) is 0. The Morgan fingerprint density at radius 2 is 1.95 bits per heavy atom. The largest absolute Gasteiger partial charge is 0.454 e. The van der Waals surface area contributed by atoms with Crippen LogP contribution in [0.15, 0.2) is 42.5 Å². The monoisotopic (exact) mass is 307 g/mol. The summed E-state index contributed by atoms with van der Waals surface area (Å²) in [5.74, 6) is 0.934. The lowest BCUT2D eigenvalue weighted by Crippen LogP contribution is -2.19. The standard InChI is InChI=1S/C17H19ClFNO/c1-12(2)10-20-11-13-5-3-8-16(19)17(13)21-15-7-4-6-14(18)9-15/h3-9,12,20H,10-11H2,1-2H3. The van der Waals surface area contributed by atoms with Crippen LogP contribution in [0.1, 0.15) is 19.4 Å². The molecule has 0 aliphatic carbocycles. The van der Waals surface area contributed by atoms with Crippen LogP contribution in [0.5, 0.6) is 11.5 Å². The van der Waals surface area contributed by atoms with Crippen LogP contribution in [0.3, 0.4) is 0 Å². The van der Waals surface area contributed by atoms with Crippen LogP contribution in [0.4, 0.5) is 4.39 Å². The Bertz CT molecular complexity index is 601. The van der Waals surface area contributed by atoms with Crippen molar-refractivity contribution in [2.24, 2.45) is 5.92 Å². The molecule has 2 aromatic carbocycles. The van der Waals surface area contributed by atoms with Crippen LogP contribution >= 0.6 is 11.6 Å². The zero-order valence-corrected chi connectivity index (χ0v) is 13.0. The predicted octanol–water partition coefficient (Wildman–Crippen LogP) is 5.02. The van der Waals surface area contributed by atoms with Crippen LogP contribution in [0.2, 0.25) is 5.02 Å². The second kappa shape index (κ2) is 7.43. The highest BCUT2D eigenvalue weighted by Crippen LogP contribution is 2.29. The van der Waals surface area contributed by atoms with Crippen LogP contribution in [-0.4, -0.2) is 6.54 Å². The van der Waals surface area contributed by atoms with Gasteiger partial charge < -0.3 is 10.1 Å². The second-order valence-electron chi connectivity index (χ2n) is 5.31. The molecular weight excluding hydrogens is 289 g/mol. The molecule has 0 saturated carbocycles. The molecule has 0 atom stereocenters. The van der Waals surface area contributed by atoms with E-state index in [1.54, 1.807) is 30.3 Å². The molecular formula is C17H19ClFNO. The van der Waals surface area contributed by atoms with Crippen molar-refractivity contribution in [1.82, 2.24) is 5.32 Å². The van der Waals surface area contributed by atoms with E-state index in [1.807, 2.05) is 6.07 Å². The van der Waals surface area contributed by atoms with Crippen molar-refractivity contribution in [3.05, 3.63) is 58.9 Å². The number of benzene rings is 2. The predicted molar refractivity (Wildman–Crippen MR) is 84.5 cm³/mol. The third-order valence-corrected chi connectivity index (χ3v) is 3.17. The van der Waals surface area contributed by atoms with E-state index in [4.69, 9.17) is 16.3 Å². The number of nitrogens with one attached hydrogen (secondary N) is 1. The fourth-order valence-electron chi connectivity index (χ4n) is 1.95. The summed E-state index contributed by atoms with van der Waals surface area (Å²) in [6.45, 7) is 5.68. The molecule has 0 amide bonds. The summed E-state index contributed by atoms with van der Waals surface area (Å²) in [4.78, 5) is 0. The summed E-state index contributed by atoms with van der Waals surface area (Å²) in [5, 5.41) is 3.85. The van der Waals surface area contributed by atoms with Gasteiger partial charge in [0.15, 0.2) is 11.6 Å². The van der Waals surface area contributed by atoms with Gasteiger partial charge >= 0.3 is 0 Å². The number of hydrogen-bond donors (Lipinski definition) is 1. The van der Waals surface area contributed by atoms with E-state index in [-0.39, 0.29) is 11.6 Å². The van der Waals surface area contributed by atoms with E-state index < -0.39 is 0 Å². The first-order valence-corrected chi connectivity index (χ1v) is 7.35. The van der Waals surface area contributed by atoms with E-state index in [9.17, 15) is 4.39 Å². The van der Waals surface area contributed by atoms with Gasteiger partial charge in [-0.3, -0.25) is 0 Å². The maximum atomic E-state index is 14.0. The molecule has 2 rings (SSSR count). The fourth-order valence-corrected chi connectivity index (χ4v) is 2.13. The van der Waals surface area contributed by atoms with Gasteiger partial charge in [-0.2, -0.15) is 0 Å². The minimum absolute atomic E-state index is 0.246. The van der Waals surface area contributed by atoms with E-state index >= 15 is 0 Å². The summed E-state index contributed by atoms with van der Waals surface area (Å²) < 4.78 is 19.7. The van der Waals surface area contributed by atoms with Gasteiger partial charge in [-0.05, 0) is 36.7 Å². The van der Waals surface area contributed by atoms with Gasteiger partial charge in [0.05, 0.1) is 0 Å². The summed E-state index contributed by atoms with van der Waals surface area (Å²) in [6, 6.07) is 11.9. The molecule has 0 saturated heterocycles. The minimum Gasteiger partial charge on any atom is -0.454 e. The van der Waals surface area contributed by atoms with Crippen molar-refractivity contribution in [3.8, 4) is 11.5 Å². The van der Waals surface area contributed by atoms with E-state index in [2.05, 4.69) is 19.2 Å². The van der Waals surface area contributed by atoms with Crippen molar-refractivity contribution in [2.75, 3.05) is 6.54 Å². The van der Waals surface area contributed by atoms with Gasteiger partial charge in [0.1, 0.15) is 5.75 Å². The van der Waals surface area contributed by atoms with Gasteiger partial charge in [-0.25, -0.2) is 4.39 Å². The Morgan fingerprint density at radius 1 is 1.19 bits per heavy atom.